The molecule has 0 aliphatic heterocycles. The Labute approximate surface area is 207 Å². The van der Waals surface area contributed by atoms with Gasteiger partial charge in [0.25, 0.3) is 0 Å². The zero-order valence-electron chi connectivity index (χ0n) is 18.7. The van der Waals surface area contributed by atoms with Crippen molar-refractivity contribution in [3.05, 3.63) is 70.9 Å². The number of carbonyl (C=O) groups is 2. The Morgan fingerprint density at radius 3 is 2.47 bits per heavy atom. The number of carboxylic acid groups (broad SMARTS) is 2. The predicted octanol–water partition coefficient (Wildman–Crippen LogP) is 6.77. The van der Waals surface area contributed by atoms with E-state index in [1.807, 2.05) is 12.1 Å². The molecular formula is C25H21F3N2O5S. The first-order chi connectivity index (χ1) is 17.1. The lowest BCUT2D eigenvalue weighted by Crippen LogP contribution is -2.12. The summed E-state index contributed by atoms with van der Waals surface area (Å²) in [5.41, 5.74) is 0.568. The third-order valence-electron chi connectivity index (χ3n) is 5.52. The molecule has 2 heterocycles. The number of nitrogens with zero attached hydrogens (tertiary/aromatic N) is 1. The number of thiazole rings is 1. The minimum atomic E-state index is -4.49. The molecule has 2 aromatic carbocycles. The normalized spacial score (nSPS) is 12.5. The van der Waals surface area contributed by atoms with Crippen molar-refractivity contribution in [2.45, 2.75) is 38.0 Å². The smallest absolute Gasteiger partial charge is 0.416 e. The highest BCUT2D eigenvalue weighted by Gasteiger charge is 2.31. The number of aromatic carboxylic acids is 1. The van der Waals surface area contributed by atoms with Crippen LogP contribution in [0.15, 0.2) is 54.7 Å². The molecule has 0 saturated carbocycles. The number of ether oxygens (including phenoxy) is 1. The number of rotatable bonds is 10. The highest BCUT2D eigenvalue weighted by atomic mass is 32.1. The maximum absolute atomic E-state index is 12.9. The monoisotopic (exact) mass is 518 g/mol. The van der Waals surface area contributed by atoms with Gasteiger partial charge in [0, 0.05) is 29.1 Å². The minimum absolute atomic E-state index is 0.0400. The van der Waals surface area contributed by atoms with Crippen LogP contribution in [0.25, 0.3) is 21.5 Å². The van der Waals surface area contributed by atoms with Gasteiger partial charge in [-0.1, -0.05) is 12.1 Å². The van der Waals surface area contributed by atoms with Crippen molar-refractivity contribution in [1.82, 2.24) is 9.97 Å². The van der Waals surface area contributed by atoms with E-state index < -0.39 is 29.8 Å². The summed E-state index contributed by atoms with van der Waals surface area (Å²) in [5.74, 6) is -1.69. The fourth-order valence-electron chi connectivity index (χ4n) is 3.76. The number of hydrogen-bond donors (Lipinski definition) is 3. The van der Waals surface area contributed by atoms with E-state index in [-0.39, 0.29) is 22.0 Å². The molecule has 0 spiro atoms. The molecule has 3 N–H and O–H groups in total. The molecule has 0 fully saturated rings. The first-order valence-electron chi connectivity index (χ1n) is 11.0. The summed E-state index contributed by atoms with van der Waals surface area (Å²) in [6.45, 7) is 0. The zero-order valence-corrected chi connectivity index (χ0v) is 19.5. The van der Waals surface area contributed by atoms with Crippen LogP contribution < -0.4 is 4.74 Å². The van der Waals surface area contributed by atoms with Crippen molar-refractivity contribution in [1.29, 1.82) is 0 Å². The van der Waals surface area contributed by atoms with Gasteiger partial charge in [-0.05, 0) is 55.7 Å². The van der Waals surface area contributed by atoms with Crippen molar-refractivity contribution in [3.63, 3.8) is 0 Å². The Balaban J connectivity index is 1.67. The number of carboxylic acids is 2. The number of hydrogen-bond acceptors (Lipinski definition) is 5. The SMILES string of the molecule is O=C(O)CCCCC(Oc1ccc2[nH]ccc2c1)c1nc(-c2ccc(C(F)(F)F)cc2)sc1C(=O)O. The molecule has 1 unspecified atom stereocenters. The first-order valence-corrected chi connectivity index (χ1v) is 11.8. The maximum Gasteiger partial charge on any atom is 0.416 e. The van der Waals surface area contributed by atoms with Gasteiger partial charge < -0.3 is 19.9 Å². The van der Waals surface area contributed by atoms with Crippen LogP contribution in [-0.2, 0) is 11.0 Å². The molecule has 0 saturated heterocycles. The van der Waals surface area contributed by atoms with Gasteiger partial charge in [-0.3, -0.25) is 4.79 Å². The van der Waals surface area contributed by atoms with Crippen LogP contribution in [0.5, 0.6) is 5.75 Å². The molecule has 11 heteroatoms. The van der Waals surface area contributed by atoms with Crippen molar-refractivity contribution in [2.24, 2.45) is 0 Å². The quantitative estimate of drug-likeness (QED) is 0.200. The van der Waals surface area contributed by atoms with E-state index in [1.165, 1.54) is 12.1 Å². The Bertz CT molecular complexity index is 1380. The minimum Gasteiger partial charge on any atom is -0.484 e. The summed E-state index contributed by atoms with van der Waals surface area (Å²) >= 11 is 0.850. The molecule has 188 valence electrons. The Morgan fingerprint density at radius 2 is 1.81 bits per heavy atom. The molecule has 36 heavy (non-hydrogen) atoms. The molecule has 0 aliphatic rings. The van der Waals surface area contributed by atoms with E-state index in [0.717, 1.165) is 34.4 Å². The van der Waals surface area contributed by atoms with Crippen LogP contribution in [-0.4, -0.2) is 32.1 Å². The van der Waals surface area contributed by atoms with Crippen molar-refractivity contribution in [3.8, 4) is 16.3 Å². The Hall–Kier alpha value is -3.86. The van der Waals surface area contributed by atoms with E-state index in [4.69, 9.17) is 9.84 Å². The number of aromatic nitrogens is 2. The average Bonchev–Trinajstić information content (AvgIpc) is 3.47. The van der Waals surface area contributed by atoms with Gasteiger partial charge in [0.15, 0.2) is 0 Å². The maximum atomic E-state index is 12.9. The van der Waals surface area contributed by atoms with Gasteiger partial charge in [-0.15, -0.1) is 11.3 Å². The molecule has 4 rings (SSSR count). The molecular weight excluding hydrogens is 497 g/mol. The number of unbranched alkanes of at least 4 members (excludes halogenated alkanes) is 1. The number of aromatic amines is 1. The lowest BCUT2D eigenvalue weighted by Gasteiger charge is -2.18. The van der Waals surface area contributed by atoms with Crippen LogP contribution in [0.3, 0.4) is 0 Å². The number of nitrogens with one attached hydrogen (secondary N) is 1. The van der Waals surface area contributed by atoms with E-state index in [9.17, 15) is 27.9 Å². The van der Waals surface area contributed by atoms with E-state index in [0.29, 0.717) is 30.6 Å². The lowest BCUT2D eigenvalue weighted by atomic mass is 10.1. The summed E-state index contributed by atoms with van der Waals surface area (Å²) in [7, 11) is 0. The second-order valence-electron chi connectivity index (χ2n) is 8.09. The topological polar surface area (TPSA) is 113 Å². The van der Waals surface area contributed by atoms with Crippen LogP contribution in [0.1, 0.15) is 52.7 Å². The molecule has 0 amide bonds. The fraction of sp³-hybridized carbons (Fsp3) is 0.240. The van der Waals surface area contributed by atoms with Gasteiger partial charge in [0.2, 0.25) is 0 Å². The van der Waals surface area contributed by atoms with Gasteiger partial charge in [0.05, 0.1) is 5.56 Å². The molecule has 0 radical (unpaired) electrons. The van der Waals surface area contributed by atoms with Crippen LogP contribution in [0.4, 0.5) is 13.2 Å². The van der Waals surface area contributed by atoms with E-state index >= 15 is 0 Å². The molecule has 1 atom stereocenters. The summed E-state index contributed by atoms with van der Waals surface area (Å²) in [4.78, 5) is 30.4. The summed E-state index contributed by atoms with van der Waals surface area (Å²) in [5, 5.41) is 19.9. The van der Waals surface area contributed by atoms with E-state index in [2.05, 4.69) is 9.97 Å². The first kappa shape index (κ1) is 25.2. The molecule has 2 aromatic heterocycles. The number of benzene rings is 2. The summed E-state index contributed by atoms with van der Waals surface area (Å²) in [6, 6.07) is 11.5. The number of halogens is 3. The lowest BCUT2D eigenvalue weighted by molar-refractivity contribution is -0.138. The van der Waals surface area contributed by atoms with Crippen LogP contribution in [0, 0.1) is 0 Å². The van der Waals surface area contributed by atoms with Crippen molar-refractivity contribution < 1.29 is 37.7 Å². The number of H-pyrrole nitrogens is 1. The second kappa shape index (κ2) is 10.4. The van der Waals surface area contributed by atoms with Crippen molar-refractivity contribution in [2.75, 3.05) is 0 Å². The van der Waals surface area contributed by atoms with Crippen LogP contribution in [0.2, 0.25) is 0 Å². The van der Waals surface area contributed by atoms with Gasteiger partial charge in [-0.25, -0.2) is 9.78 Å². The zero-order chi connectivity index (χ0) is 25.9. The molecule has 4 aromatic rings. The number of fused-ring (bicyclic) bond motifs is 1. The largest absolute Gasteiger partial charge is 0.484 e. The van der Waals surface area contributed by atoms with Crippen molar-refractivity contribution >= 4 is 34.2 Å². The third-order valence-corrected chi connectivity index (χ3v) is 6.63. The van der Waals surface area contributed by atoms with Crippen LogP contribution >= 0.6 is 11.3 Å². The number of aliphatic carboxylic acids is 1. The molecule has 7 nitrogen and oxygen atoms in total. The highest BCUT2D eigenvalue weighted by Crippen LogP contribution is 2.37. The average molecular weight is 519 g/mol. The molecule has 0 aliphatic carbocycles. The Kier molecular flexibility index (Phi) is 7.30. The predicted molar refractivity (Wildman–Crippen MR) is 127 cm³/mol. The fourth-order valence-corrected chi connectivity index (χ4v) is 4.72. The highest BCUT2D eigenvalue weighted by molar-refractivity contribution is 7.17. The third kappa shape index (κ3) is 5.85. The standard InChI is InChI=1S/C25H21F3N2O5S/c26-25(27,28)16-7-5-14(6-8-16)23-30-21(22(36-23)24(33)34)19(3-1-2-4-20(31)32)35-17-9-10-18-15(13-17)11-12-29-18/h5-13,19,29H,1-4H2,(H,31,32)(H,33,34). The van der Waals surface area contributed by atoms with E-state index in [1.54, 1.807) is 18.3 Å². The second-order valence-corrected chi connectivity index (χ2v) is 9.09. The Morgan fingerprint density at radius 1 is 1.06 bits per heavy atom. The summed E-state index contributed by atoms with van der Waals surface area (Å²) in [6.07, 6.45) is -2.46. The van der Waals surface area contributed by atoms with Gasteiger partial charge in [0.1, 0.15) is 27.4 Å². The van der Waals surface area contributed by atoms with Gasteiger partial charge in [-0.2, -0.15) is 13.2 Å². The summed E-state index contributed by atoms with van der Waals surface area (Å²) < 4.78 is 45.0. The van der Waals surface area contributed by atoms with Gasteiger partial charge >= 0.3 is 18.1 Å². The molecule has 0 bridgehead atoms. The number of alkyl halides is 3.